The summed E-state index contributed by atoms with van der Waals surface area (Å²) in [7, 11) is 0. The average molecular weight is 605 g/mol. The quantitative estimate of drug-likeness (QED) is 0.238. The van der Waals surface area contributed by atoms with Crippen LogP contribution in [0.1, 0.15) is 62.0 Å². The first-order chi connectivity index (χ1) is 21.2. The van der Waals surface area contributed by atoms with Gasteiger partial charge in [-0.2, -0.15) is 0 Å². The van der Waals surface area contributed by atoms with Crippen molar-refractivity contribution in [1.29, 1.82) is 0 Å². The van der Waals surface area contributed by atoms with E-state index >= 15 is 0 Å². The first-order valence-corrected chi connectivity index (χ1v) is 15.8. The molecule has 0 unspecified atom stereocenters. The van der Waals surface area contributed by atoms with Crippen molar-refractivity contribution < 1.29 is 28.5 Å². The van der Waals surface area contributed by atoms with Crippen LogP contribution in [-0.2, 0) is 33.7 Å². The Morgan fingerprint density at radius 2 is 1.75 bits per heavy atom. The molecule has 1 N–H and O–H groups in total. The van der Waals surface area contributed by atoms with Crippen molar-refractivity contribution in [2.24, 2.45) is 11.3 Å². The summed E-state index contributed by atoms with van der Waals surface area (Å²) in [4.78, 5) is 19.4. The molecule has 0 bridgehead atoms. The number of carboxylic acid groups (broad SMARTS) is 1. The zero-order valence-corrected chi connectivity index (χ0v) is 26.2. The Hall–Kier alpha value is -3.49. The summed E-state index contributed by atoms with van der Waals surface area (Å²) in [5, 5.41) is 9.91. The SMILES string of the molecule is Cc1nc(COCC2CCOCC2)c(-c2ccc(OCCc3ccc(F)cc3)cc2)c(N2CCC(C)(C)CC2)c1CC(=O)O. The number of rotatable bonds is 12. The number of anilines is 1. The van der Waals surface area contributed by atoms with Gasteiger partial charge in [0, 0.05) is 49.5 Å². The largest absolute Gasteiger partial charge is 0.493 e. The third-order valence-electron chi connectivity index (χ3n) is 8.96. The van der Waals surface area contributed by atoms with Gasteiger partial charge in [0.15, 0.2) is 0 Å². The summed E-state index contributed by atoms with van der Waals surface area (Å²) < 4.78 is 31.1. The highest BCUT2D eigenvalue weighted by Crippen LogP contribution is 2.42. The summed E-state index contributed by atoms with van der Waals surface area (Å²) in [6, 6.07) is 14.4. The average Bonchev–Trinajstić information content (AvgIpc) is 3.00. The van der Waals surface area contributed by atoms with E-state index in [4.69, 9.17) is 19.2 Å². The number of aromatic nitrogens is 1. The number of nitrogens with zero attached hydrogens (tertiary/aromatic N) is 2. The number of aryl methyl sites for hydroxylation is 1. The fraction of sp³-hybridized carbons (Fsp3) is 0.500. The second kappa shape index (κ2) is 14.5. The number of carboxylic acids is 1. The van der Waals surface area contributed by atoms with E-state index < -0.39 is 5.97 Å². The maximum absolute atomic E-state index is 13.2. The van der Waals surface area contributed by atoms with Gasteiger partial charge in [-0.05, 0) is 79.3 Å². The van der Waals surface area contributed by atoms with E-state index in [-0.39, 0.29) is 17.7 Å². The fourth-order valence-electron chi connectivity index (χ4n) is 6.13. The summed E-state index contributed by atoms with van der Waals surface area (Å²) in [5.74, 6) is 0.0891. The van der Waals surface area contributed by atoms with Crippen molar-refractivity contribution in [2.45, 2.75) is 65.9 Å². The van der Waals surface area contributed by atoms with E-state index in [0.717, 1.165) is 97.1 Å². The third-order valence-corrected chi connectivity index (χ3v) is 8.96. The normalized spacial score (nSPS) is 17.0. The van der Waals surface area contributed by atoms with Crippen molar-refractivity contribution in [1.82, 2.24) is 4.98 Å². The highest BCUT2D eigenvalue weighted by Gasteiger charge is 2.31. The minimum Gasteiger partial charge on any atom is -0.493 e. The molecule has 1 aromatic heterocycles. The number of carbonyl (C=O) groups is 1. The molecule has 2 aromatic carbocycles. The minimum atomic E-state index is -0.868. The van der Waals surface area contributed by atoms with Crippen LogP contribution in [0, 0.1) is 24.1 Å². The van der Waals surface area contributed by atoms with Crippen LogP contribution >= 0.6 is 0 Å². The number of ether oxygens (including phenoxy) is 3. The highest BCUT2D eigenvalue weighted by molar-refractivity contribution is 5.86. The van der Waals surface area contributed by atoms with Gasteiger partial charge in [-0.25, -0.2) is 4.39 Å². The Morgan fingerprint density at radius 3 is 2.41 bits per heavy atom. The van der Waals surface area contributed by atoms with Gasteiger partial charge in [-0.3, -0.25) is 9.78 Å². The lowest BCUT2D eigenvalue weighted by molar-refractivity contribution is -0.136. The van der Waals surface area contributed by atoms with E-state index in [1.54, 1.807) is 12.1 Å². The molecule has 0 radical (unpaired) electrons. The molecule has 44 heavy (non-hydrogen) atoms. The predicted octanol–water partition coefficient (Wildman–Crippen LogP) is 7.01. The topological polar surface area (TPSA) is 81.1 Å². The Kier molecular flexibility index (Phi) is 10.5. The monoisotopic (exact) mass is 604 g/mol. The number of aliphatic carboxylic acids is 1. The van der Waals surface area contributed by atoms with Crippen LogP contribution in [0.25, 0.3) is 11.1 Å². The van der Waals surface area contributed by atoms with Crippen LogP contribution in [0.2, 0.25) is 0 Å². The van der Waals surface area contributed by atoms with Gasteiger partial charge in [0.1, 0.15) is 11.6 Å². The van der Waals surface area contributed by atoms with Crippen molar-refractivity contribution in [2.75, 3.05) is 44.4 Å². The summed E-state index contributed by atoms with van der Waals surface area (Å²) in [6.07, 6.45) is 4.62. The first-order valence-electron chi connectivity index (χ1n) is 15.8. The number of benzene rings is 2. The molecular weight excluding hydrogens is 559 g/mol. The zero-order valence-electron chi connectivity index (χ0n) is 26.2. The molecule has 8 heteroatoms. The van der Waals surface area contributed by atoms with Gasteiger partial charge >= 0.3 is 5.97 Å². The Morgan fingerprint density at radius 1 is 1.07 bits per heavy atom. The number of piperidine rings is 1. The summed E-state index contributed by atoms with van der Waals surface area (Å²) in [6.45, 7) is 11.2. The molecular formula is C36H45FN2O5. The second-order valence-electron chi connectivity index (χ2n) is 12.9. The lowest BCUT2D eigenvalue weighted by Gasteiger charge is -2.40. The molecule has 2 fully saturated rings. The van der Waals surface area contributed by atoms with E-state index in [0.29, 0.717) is 32.2 Å². The van der Waals surface area contributed by atoms with E-state index in [9.17, 15) is 14.3 Å². The number of halogens is 1. The van der Waals surface area contributed by atoms with Crippen molar-refractivity contribution in [3.8, 4) is 16.9 Å². The lowest BCUT2D eigenvalue weighted by atomic mass is 9.82. The maximum atomic E-state index is 13.2. The number of hydrogen-bond acceptors (Lipinski definition) is 6. The highest BCUT2D eigenvalue weighted by atomic mass is 19.1. The third kappa shape index (κ3) is 8.36. The van der Waals surface area contributed by atoms with E-state index in [2.05, 4.69) is 18.7 Å². The van der Waals surface area contributed by atoms with Crippen LogP contribution < -0.4 is 9.64 Å². The van der Waals surface area contributed by atoms with Crippen LogP contribution in [0.5, 0.6) is 5.75 Å². The molecule has 0 atom stereocenters. The van der Waals surface area contributed by atoms with Crippen LogP contribution in [0.3, 0.4) is 0 Å². The Balaban J connectivity index is 1.45. The minimum absolute atomic E-state index is 0.0884. The summed E-state index contributed by atoms with van der Waals surface area (Å²) in [5.41, 5.74) is 6.45. The van der Waals surface area contributed by atoms with Gasteiger partial charge in [0.25, 0.3) is 0 Å². The predicted molar refractivity (Wildman–Crippen MR) is 170 cm³/mol. The van der Waals surface area contributed by atoms with Crippen LogP contribution in [0.15, 0.2) is 48.5 Å². The van der Waals surface area contributed by atoms with E-state index in [1.807, 2.05) is 31.2 Å². The van der Waals surface area contributed by atoms with Crippen molar-refractivity contribution >= 4 is 11.7 Å². The van der Waals surface area contributed by atoms with Crippen LogP contribution in [0.4, 0.5) is 10.1 Å². The molecule has 2 aliphatic rings. The molecule has 236 valence electrons. The number of pyridine rings is 1. The fourth-order valence-corrected chi connectivity index (χ4v) is 6.13. The molecule has 0 amide bonds. The molecule has 7 nitrogen and oxygen atoms in total. The maximum Gasteiger partial charge on any atom is 0.307 e. The van der Waals surface area contributed by atoms with Crippen molar-refractivity contribution in [3.05, 3.63) is 76.9 Å². The van der Waals surface area contributed by atoms with Crippen molar-refractivity contribution in [3.63, 3.8) is 0 Å². The lowest BCUT2D eigenvalue weighted by Crippen LogP contribution is -2.38. The first kappa shape index (κ1) is 31.9. The molecule has 2 saturated heterocycles. The van der Waals surface area contributed by atoms with Gasteiger partial charge in [0.05, 0.1) is 37.6 Å². The molecule has 3 aromatic rings. The van der Waals surface area contributed by atoms with Gasteiger partial charge < -0.3 is 24.2 Å². The van der Waals surface area contributed by atoms with Gasteiger partial charge in [0.2, 0.25) is 0 Å². The van der Waals surface area contributed by atoms with Crippen LogP contribution in [-0.4, -0.2) is 55.6 Å². The second-order valence-corrected chi connectivity index (χ2v) is 12.9. The molecule has 0 aliphatic carbocycles. The van der Waals surface area contributed by atoms with Gasteiger partial charge in [-0.1, -0.05) is 38.1 Å². The summed E-state index contributed by atoms with van der Waals surface area (Å²) >= 11 is 0. The standard InChI is InChI=1S/C36H45FN2O5/c1-25-31(22-33(40)41)35(39-17-15-36(2,3)16-18-39)34(32(38-25)24-43-23-27-12-19-42-20-13-27)28-6-10-30(11-7-28)44-21-14-26-4-8-29(37)9-5-26/h4-11,27H,12-24H2,1-3H3,(H,40,41). The molecule has 2 aliphatic heterocycles. The Labute approximate surface area is 260 Å². The smallest absolute Gasteiger partial charge is 0.307 e. The zero-order chi connectivity index (χ0) is 31.1. The van der Waals surface area contributed by atoms with Gasteiger partial charge in [-0.15, -0.1) is 0 Å². The molecule has 3 heterocycles. The van der Waals surface area contributed by atoms with E-state index in [1.165, 1.54) is 12.1 Å². The number of hydrogen-bond donors (Lipinski definition) is 1. The molecule has 5 rings (SSSR count). The molecule has 0 spiro atoms. The molecule has 0 saturated carbocycles. The Bertz CT molecular complexity index is 1390.